The highest BCUT2D eigenvalue weighted by molar-refractivity contribution is 6.05. The summed E-state index contributed by atoms with van der Waals surface area (Å²) in [5.74, 6) is 0.531. The van der Waals surface area contributed by atoms with E-state index in [4.69, 9.17) is 0 Å². The first-order valence-electron chi connectivity index (χ1n) is 17.9. The molecule has 1 N–H and O–H groups in total. The Balaban J connectivity index is 1.20. The topological polar surface area (TPSA) is 73.0 Å². The lowest BCUT2D eigenvalue weighted by atomic mass is 9.93. The summed E-state index contributed by atoms with van der Waals surface area (Å²) in [5.41, 5.74) is 8.54. The quantitative estimate of drug-likeness (QED) is 0.186. The molecule has 0 spiro atoms. The fourth-order valence-electron chi connectivity index (χ4n) is 7.05. The average Bonchev–Trinajstić information content (AvgIpc) is 3.71. The molecule has 3 amide bonds. The van der Waals surface area contributed by atoms with E-state index >= 15 is 0 Å². The molecule has 3 aromatic rings. The molecule has 50 heavy (non-hydrogen) atoms. The maximum absolute atomic E-state index is 13.5. The van der Waals surface area contributed by atoms with Crippen LogP contribution in [0.2, 0.25) is 0 Å². The number of amides is 3. The standard InChI is InChI=1S/C43H52N4O3/c1-8-41(49)47-28-34(19-21-42(50)46-26-23-32-13-11-15-36(30(4)5)43(32)46)37-20-18-33(27-39(37)47)31(6)22-25-45(7)24-12-17-40(48)44-38-16-10-9-14-35(38)29(2)3/h8-21,27,29-31,34H,1,22-26,28H2,2-7H3,(H,44,48)/b17-12+,21-19?. The third-order valence-electron chi connectivity index (χ3n) is 9.99. The second-order valence-corrected chi connectivity index (χ2v) is 14.3. The molecule has 3 aromatic carbocycles. The van der Waals surface area contributed by atoms with Gasteiger partial charge in [-0.1, -0.05) is 102 Å². The number of fused-ring (bicyclic) bond motifs is 2. The van der Waals surface area contributed by atoms with Gasteiger partial charge in [-0.05, 0) is 90.2 Å². The fraction of sp³-hybridized carbons (Fsp3) is 0.372. The van der Waals surface area contributed by atoms with E-state index in [0.29, 0.717) is 31.5 Å². The van der Waals surface area contributed by atoms with Gasteiger partial charge in [0.25, 0.3) is 5.91 Å². The van der Waals surface area contributed by atoms with Crippen LogP contribution in [0.25, 0.3) is 0 Å². The van der Waals surface area contributed by atoms with Crippen LogP contribution in [0.5, 0.6) is 0 Å². The third kappa shape index (κ3) is 8.33. The Morgan fingerprint density at radius 1 is 0.920 bits per heavy atom. The van der Waals surface area contributed by atoms with Gasteiger partial charge >= 0.3 is 0 Å². The summed E-state index contributed by atoms with van der Waals surface area (Å²) in [6.07, 6.45) is 10.3. The number of carbonyl (C=O) groups is 3. The van der Waals surface area contributed by atoms with E-state index in [1.165, 1.54) is 17.2 Å². The smallest absolute Gasteiger partial charge is 0.250 e. The lowest BCUT2D eigenvalue weighted by molar-refractivity contribution is -0.114. The molecule has 0 bridgehead atoms. The summed E-state index contributed by atoms with van der Waals surface area (Å²) in [4.78, 5) is 44.9. The highest BCUT2D eigenvalue weighted by Crippen LogP contribution is 2.40. The monoisotopic (exact) mass is 672 g/mol. The summed E-state index contributed by atoms with van der Waals surface area (Å²) in [5, 5.41) is 3.01. The molecule has 7 heteroatoms. The minimum Gasteiger partial charge on any atom is -0.322 e. The lowest BCUT2D eigenvalue weighted by Crippen LogP contribution is -2.29. The highest BCUT2D eigenvalue weighted by atomic mass is 16.2. The Kier molecular flexibility index (Phi) is 11.9. The van der Waals surface area contributed by atoms with Crippen LogP contribution in [0.15, 0.2) is 97.6 Å². The molecule has 5 rings (SSSR count). The third-order valence-corrected chi connectivity index (χ3v) is 9.99. The number of carbonyl (C=O) groups excluding carboxylic acids is 3. The van der Waals surface area contributed by atoms with Crippen LogP contribution in [0, 0.1) is 0 Å². The molecule has 0 radical (unpaired) electrons. The zero-order valence-corrected chi connectivity index (χ0v) is 30.5. The van der Waals surface area contributed by atoms with Crippen LogP contribution in [-0.2, 0) is 20.8 Å². The van der Waals surface area contributed by atoms with Crippen molar-refractivity contribution in [3.8, 4) is 0 Å². The minimum absolute atomic E-state index is 0.0202. The van der Waals surface area contributed by atoms with Crippen molar-refractivity contribution in [1.29, 1.82) is 0 Å². The maximum atomic E-state index is 13.5. The van der Waals surface area contributed by atoms with Gasteiger partial charge in [0.2, 0.25) is 11.8 Å². The number of anilines is 3. The van der Waals surface area contributed by atoms with E-state index in [1.54, 1.807) is 17.1 Å². The average molecular weight is 673 g/mol. The number of hydrogen-bond acceptors (Lipinski definition) is 4. The van der Waals surface area contributed by atoms with Crippen molar-refractivity contribution in [2.45, 2.75) is 71.1 Å². The van der Waals surface area contributed by atoms with Crippen molar-refractivity contribution >= 4 is 34.8 Å². The normalized spacial score (nSPS) is 16.1. The summed E-state index contributed by atoms with van der Waals surface area (Å²) in [6, 6.07) is 20.6. The molecule has 0 saturated carbocycles. The Morgan fingerprint density at radius 3 is 2.40 bits per heavy atom. The van der Waals surface area contributed by atoms with Gasteiger partial charge in [0.15, 0.2) is 0 Å². The van der Waals surface area contributed by atoms with E-state index < -0.39 is 0 Å². The largest absolute Gasteiger partial charge is 0.322 e. The molecule has 262 valence electrons. The van der Waals surface area contributed by atoms with Crippen LogP contribution < -0.4 is 15.1 Å². The summed E-state index contributed by atoms with van der Waals surface area (Å²) < 4.78 is 0. The highest BCUT2D eigenvalue weighted by Gasteiger charge is 2.32. The Bertz CT molecular complexity index is 1790. The first-order valence-corrected chi connectivity index (χ1v) is 17.9. The molecular formula is C43H52N4O3. The van der Waals surface area contributed by atoms with Gasteiger partial charge in [0.1, 0.15) is 0 Å². The number of rotatable bonds is 13. The fourth-order valence-corrected chi connectivity index (χ4v) is 7.05. The van der Waals surface area contributed by atoms with E-state index in [2.05, 4.69) is 94.9 Å². The van der Waals surface area contributed by atoms with E-state index in [1.807, 2.05) is 41.3 Å². The lowest BCUT2D eigenvalue weighted by Gasteiger charge is -2.21. The van der Waals surface area contributed by atoms with Gasteiger partial charge in [-0.15, -0.1) is 0 Å². The molecule has 0 fully saturated rings. The first kappa shape index (κ1) is 36.5. The van der Waals surface area contributed by atoms with E-state index in [0.717, 1.165) is 53.1 Å². The van der Waals surface area contributed by atoms with E-state index in [9.17, 15) is 14.4 Å². The minimum atomic E-state index is -0.142. The molecular weight excluding hydrogens is 620 g/mol. The van der Waals surface area contributed by atoms with Crippen LogP contribution in [0.3, 0.4) is 0 Å². The van der Waals surface area contributed by atoms with Crippen molar-refractivity contribution in [1.82, 2.24) is 4.90 Å². The molecule has 2 aliphatic heterocycles. The van der Waals surface area contributed by atoms with Gasteiger partial charge in [-0.2, -0.15) is 0 Å². The molecule has 2 aliphatic rings. The van der Waals surface area contributed by atoms with Crippen molar-refractivity contribution < 1.29 is 14.4 Å². The molecule has 2 heterocycles. The van der Waals surface area contributed by atoms with Gasteiger partial charge in [0.05, 0.1) is 5.69 Å². The number of para-hydroxylation sites is 2. The summed E-state index contributed by atoms with van der Waals surface area (Å²) >= 11 is 0. The maximum Gasteiger partial charge on any atom is 0.250 e. The molecule has 0 aliphatic carbocycles. The van der Waals surface area contributed by atoms with Crippen molar-refractivity contribution in [2.24, 2.45) is 0 Å². The van der Waals surface area contributed by atoms with Gasteiger partial charge in [0, 0.05) is 49.1 Å². The zero-order chi connectivity index (χ0) is 35.9. The van der Waals surface area contributed by atoms with Gasteiger partial charge in [-0.25, -0.2) is 0 Å². The number of likely N-dealkylation sites (N-methyl/N-ethyl adjacent to an activating group) is 1. The summed E-state index contributed by atoms with van der Waals surface area (Å²) in [7, 11) is 2.05. The second-order valence-electron chi connectivity index (χ2n) is 14.3. The predicted molar refractivity (Wildman–Crippen MR) is 206 cm³/mol. The first-order chi connectivity index (χ1) is 24.0. The van der Waals surface area contributed by atoms with Crippen LogP contribution in [0.1, 0.15) is 92.5 Å². The molecule has 2 unspecified atom stereocenters. The van der Waals surface area contributed by atoms with Crippen molar-refractivity contribution in [2.75, 3.05) is 48.3 Å². The van der Waals surface area contributed by atoms with Crippen molar-refractivity contribution in [3.05, 3.63) is 125 Å². The van der Waals surface area contributed by atoms with Gasteiger partial charge < -0.3 is 20.0 Å². The van der Waals surface area contributed by atoms with E-state index in [-0.39, 0.29) is 29.6 Å². The van der Waals surface area contributed by atoms with Crippen LogP contribution >= 0.6 is 0 Å². The van der Waals surface area contributed by atoms with Crippen molar-refractivity contribution in [3.63, 3.8) is 0 Å². The molecule has 0 aromatic heterocycles. The van der Waals surface area contributed by atoms with Crippen LogP contribution in [0.4, 0.5) is 17.1 Å². The Hall–Kier alpha value is -4.75. The Morgan fingerprint density at radius 2 is 1.66 bits per heavy atom. The number of nitrogens with zero attached hydrogens (tertiary/aromatic N) is 3. The molecule has 2 atom stereocenters. The molecule has 0 saturated heterocycles. The molecule has 7 nitrogen and oxygen atoms in total. The predicted octanol–water partition coefficient (Wildman–Crippen LogP) is 8.32. The summed E-state index contributed by atoms with van der Waals surface area (Å²) in [6.45, 7) is 17.2. The van der Waals surface area contributed by atoms with Crippen LogP contribution in [-0.4, -0.2) is 55.8 Å². The number of nitrogens with one attached hydrogen (secondary N) is 1. The number of benzene rings is 3. The van der Waals surface area contributed by atoms with Gasteiger partial charge in [-0.3, -0.25) is 14.4 Å². The SMILES string of the molecule is C=CC(=O)N1CC(C=CC(=O)N2CCc3cccc(C(C)C)c32)c2ccc(C(C)CCN(C)C/C=C/C(=O)Nc3ccccc3C(C)C)cc21. The Labute approximate surface area is 298 Å². The number of hydrogen-bond donors (Lipinski definition) is 1. The second kappa shape index (κ2) is 16.3. The zero-order valence-electron chi connectivity index (χ0n) is 30.5.